The van der Waals surface area contributed by atoms with E-state index in [9.17, 15) is 0 Å². The SMILES string of the molecule is CCNC1CCCc2ccc(OC(C)C#N)cc21. The minimum atomic E-state index is -0.399. The van der Waals surface area contributed by atoms with Gasteiger partial charge in [0.2, 0.25) is 0 Å². The number of hydrogen-bond donors (Lipinski definition) is 1. The second-order valence-electron chi connectivity index (χ2n) is 4.75. The number of rotatable bonds is 4. The molecule has 3 nitrogen and oxygen atoms in total. The summed E-state index contributed by atoms with van der Waals surface area (Å²) in [7, 11) is 0. The van der Waals surface area contributed by atoms with E-state index >= 15 is 0 Å². The van der Waals surface area contributed by atoms with Crippen LogP contribution in [0.15, 0.2) is 18.2 Å². The fraction of sp³-hybridized carbons (Fsp3) is 0.533. The third kappa shape index (κ3) is 2.83. The number of hydrogen-bond acceptors (Lipinski definition) is 3. The van der Waals surface area contributed by atoms with Crippen molar-refractivity contribution >= 4 is 0 Å². The van der Waals surface area contributed by atoms with Gasteiger partial charge in [0.1, 0.15) is 11.8 Å². The normalized spacial score (nSPS) is 19.7. The van der Waals surface area contributed by atoms with Crippen molar-refractivity contribution in [1.29, 1.82) is 5.26 Å². The minimum absolute atomic E-state index is 0.399. The summed E-state index contributed by atoms with van der Waals surface area (Å²) in [6, 6.07) is 8.73. The molecular formula is C15H20N2O. The Balaban J connectivity index is 2.22. The third-order valence-electron chi connectivity index (χ3n) is 3.38. The van der Waals surface area contributed by atoms with E-state index in [2.05, 4.69) is 30.4 Å². The maximum atomic E-state index is 8.78. The maximum absolute atomic E-state index is 8.78. The summed E-state index contributed by atoms with van der Waals surface area (Å²) in [5.41, 5.74) is 2.75. The standard InChI is InChI=1S/C15H20N2O/c1-3-17-15-6-4-5-12-7-8-13(9-14(12)15)18-11(2)10-16/h7-9,11,15,17H,3-6H2,1-2H3. The summed E-state index contributed by atoms with van der Waals surface area (Å²) >= 11 is 0. The fourth-order valence-electron chi connectivity index (χ4n) is 2.54. The van der Waals surface area contributed by atoms with Crippen LogP contribution in [-0.4, -0.2) is 12.6 Å². The number of nitriles is 1. The number of fused-ring (bicyclic) bond motifs is 1. The number of ether oxygens (including phenoxy) is 1. The van der Waals surface area contributed by atoms with Crippen LogP contribution in [0.4, 0.5) is 0 Å². The van der Waals surface area contributed by atoms with E-state index in [1.54, 1.807) is 6.92 Å². The predicted octanol–water partition coefficient (Wildman–Crippen LogP) is 2.96. The van der Waals surface area contributed by atoms with Crippen LogP contribution in [0, 0.1) is 11.3 Å². The highest BCUT2D eigenvalue weighted by molar-refractivity contribution is 5.39. The molecule has 1 aliphatic carbocycles. The van der Waals surface area contributed by atoms with E-state index in [0.29, 0.717) is 6.04 Å². The van der Waals surface area contributed by atoms with Crippen LogP contribution >= 0.6 is 0 Å². The lowest BCUT2D eigenvalue weighted by Gasteiger charge is -2.26. The zero-order chi connectivity index (χ0) is 13.0. The number of nitrogens with zero attached hydrogens (tertiary/aromatic N) is 1. The van der Waals surface area contributed by atoms with Gasteiger partial charge >= 0.3 is 0 Å². The molecule has 2 unspecified atom stereocenters. The van der Waals surface area contributed by atoms with Crippen molar-refractivity contribution in [2.24, 2.45) is 0 Å². The van der Waals surface area contributed by atoms with Crippen molar-refractivity contribution in [3.05, 3.63) is 29.3 Å². The largest absolute Gasteiger partial charge is 0.476 e. The van der Waals surface area contributed by atoms with Crippen LogP contribution in [0.5, 0.6) is 5.75 Å². The van der Waals surface area contributed by atoms with Crippen molar-refractivity contribution < 1.29 is 4.74 Å². The van der Waals surface area contributed by atoms with E-state index in [1.807, 2.05) is 6.07 Å². The number of aryl methyl sites for hydroxylation is 1. The molecule has 2 rings (SSSR count). The summed E-state index contributed by atoms with van der Waals surface area (Å²) in [4.78, 5) is 0. The molecule has 1 N–H and O–H groups in total. The Kier molecular flexibility index (Phi) is 4.22. The molecule has 0 saturated carbocycles. The molecule has 0 spiro atoms. The molecule has 1 aliphatic rings. The van der Waals surface area contributed by atoms with Crippen molar-refractivity contribution in [1.82, 2.24) is 5.32 Å². The van der Waals surface area contributed by atoms with Crippen LogP contribution in [0.1, 0.15) is 43.9 Å². The average Bonchev–Trinajstić information content (AvgIpc) is 2.39. The van der Waals surface area contributed by atoms with Crippen molar-refractivity contribution in [2.75, 3.05) is 6.54 Å². The zero-order valence-corrected chi connectivity index (χ0v) is 11.1. The summed E-state index contributed by atoms with van der Waals surface area (Å²) in [5.74, 6) is 0.799. The Morgan fingerprint density at radius 1 is 1.56 bits per heavy atom. The first-order chi connectivity index (χ1) is 8.74. The first kappa shape index (κ1) is 12.9. The molecule has 0 fully saturated rings. The molecule has 3 heteroatoms. The lowest BCUT2D eigenvalue weighted by molar-refractivity contribution is 0.275. The molecule has 2 atom stereocenters. The lowest BCUT2D eigenvalue weighted by Crippen LogP contribution is -2.25. The van der Waals surface area contributed by atoms with Gasteiger partial charge in [0.25, 0.3) is 0 Å². The summed E-state index contributed by atoms with van der Waals surface area (Å²) in [6.45, 7) is 4.87. The quantitative estimate of drug-likeness (QED) is 0.885. The van der Waals surface area contributed by atoms with Crippen LogP contribution in [0.3, 0.4) is 0 Å². The number of nitrogens with one attached hydrogen (secondary N) is 1. The molecule has 0 bridgehead atoms. The van der Waals surface area contributed by atoms with E-state index in [1.165, 1.54) is 24.0 Å². The van der Waals surface area contributed by atoms with Crippen LogP contribution in [0.25, 0.3) is 0 Å². The molecule has 0 saturated heterocycles. The monoisotopic (exact) mass is 244 g/mol. The molecule has 96 valence electrons. The second-order valence-corrected chi connectivity index (χ2v) is 4.75. The Morgan fingerprint density at radius 3 is 3.11 bits per heavy atom. The van der Waals surface area contributed by atoms with Crippen molar-refractivity contribution in [2.45, 2.75) is 45.3 Å². The molecule has 18 heavy (non-hydrogen) atoms. The minimum Gasteiger partial charge on any atom is -0.476 e. The van der Waals surface area contributed by atoms with Gasteiger partial charge in [0.05, 0.1) is 0 Å². The Hall–Kier alpha value is -1.53. The van der Waals surface area contributed by atoms with Gasteiger partial charge in [-0.2, -0.15) is 5.26 Å². The molecule has 1 aromatic rings. The molecule has 0 amide bonds. The van der Waals surface area contributed by atoms with Gasteiger partial charge in [-0.25, -0.2) is 0 Å². The third-order valence-corrected chi connectivity index (χ3v) is 3.38. The average molecular weight is 244 g/mol. The maximum Gasteiger partial charge on any atom is 0.181 e. The number of benzene rings is 1. The van der Waals surface area contributed by atoms with E-state index < -0.39 is 6.10 Å². The van der Waals surface area contributed by atoms with Crippen molar-refractivity contribution in [3.8, 4) is 11.8 Å². The van der Waals surface area contributed by atoms with Crippen LogP contribution < -0.4 is 10.1 Å². The van der Waals surface area contributed by atoms with Gasteiger partial charge in [-0.1, -0.05) is 13.0 Å². The molecular weight excluding hydrogens is 224 g/mol. The predicted molar refractivity (Wildman–Crippen MR) is 71.5 cm³/mol. The molecule has 0 aromatic heterocycles. The van der Waals surface area contributed by atoms with E-state index in [-0.39, 0.29) is 0 Å². The first-order valence-electron chi connectivity index (χ1n) is 6.67. The Labute approximate surface area is 109 Å². The highest BCUT2D eigenvalue weighted by Gasteiger charge is 2.20. The second kappa shape index (κ2) is 5.88. The summed E-state index contributed by atoms with van der Waals surface area (Å²) in [6.07, 6.45) is 3.16. The van der Waals surface area contributed by atoms with E-state index in [4.69, 9.17) is 10.00 Å². The highest BCUT2D eigenvalue weighted by atomic mass is 16.5. The summed E-state index contributed by atoms with van der Waals surface area (Å²) < 4.78 is 5.57. The van der Waals surface area contributed by atoms with Gasteiger partial charge < -0.3 is 10.1 Å². The fourth-order valence-corrected chi connectivity index (χ4v) is 2.54. The van der Waals surface area contributed by atoms with Gasteiger partial charge in [0.15, 0.2) is 6.10 Å². The Bertz CT molecular complexity index is 450. The van der Waals surface area contributed by atoms with E-state index in [0.717, 1.165) is 18.7 Å². The zero-order valence-electron chi connectivity index (χ0n) is 11.1. The molecule has 0 aliphatic heterocycles. The van der Waals surface area contributed by atoms with Crippen molar-refractivity contribution in [3.63, 3.8) is 0 Å². The Morgan fingerprint density at radius 2 is 2.39 bits per heavy atom. The topological polar surface area (TPSA) is 45.0 Å². The van der Waals surface area contributed by atoms with Gasteiger partial charge in [-0.05, 0) is 56.0 Å². The molecule has 0 radical (unpaired) electrons. The highest BCUT2D eigenvalue weighted by Crippen LogP contribution is 2.32. The molecule has 0 heterocycles. The lowest BCUT2D eigenvalue weighted by atomic mass is 9.87. The van der Waals surface area contributed by atoms with Gasteiger partial charge in [-0.3, -0.25) is 0 Å². The summed E-state index contributed by atoms with van der Waals surface area (Å²) in [5, 5.41) is 12.3. The van der Waals surface area contributed by atoms with Gasteiger partial charge in [-0.15, -0.1) is 0 Å². The molecule has 1 aromatic carbocycles. The first-order valence-corrected chi connectivity index (χ1v) is 6.67. The van der Waals surface area contributed by atoms with Gasteiger partial charge in [0, 0.05) is 6.04 Å². The smallest absolute Gasteiger partial charge is 0.181 e. The van der Waals surface area contributed by atoms with Crippen LogP contribution in [0.2, 0.25) is 0 Å². The van der Waals surface area contributed by atoms with Crippen LogP contribution in [-0.2, 0) is 6.42 Å².